The zero-order valence-corrected chi connectivity index (χ0v) is 9.83. The van der Waals surface area contributed by atoms with E-state index in [0.29, 0.717) is 12.5 Å². The van der Waals surface area contributed by atoms with E-state index in [4.69, 9.17) is 4.74 Å². The molecule has 0 unspecified atom stereocenters. The first kappa shape index (κ1) is 11.8. The maximum absolute atomic E-state index is 11.1. The maximum atomic E-state index is 11.1. The van der Waals surface area contributed by atoms with Crippen LogP contribution in [-0.2, 0) is 11.3 Å². The van der Waals surface area contributed by atoms with Gasteiger partial charge in [0, 0.05) is 5.56 Å². The molecule has 82 valence electrons. The highest BCUT2D eigenvalue weighted by molar-refractivity contribution is 5.93. The third kappa shape index (κ3) is 2.38. The molecule has 0 bridgehead atoms. The fraction of sp³-hybridized carbons (Fsp3) is 0.462. The number of hydrogen-bond donors (Lipinski definition) is 0. The van der Waals surface area contributed by atoms with E-state index in [0.717, 1.165) is 11.1 Å². The Balaban J connectivity index is 0.000000531. The highest BCUT2D eigenvalue weighted by Gasteiger charge is 2.20. The van der Waals surface area contributed by atoms with Crippen LogP contribution in [0.2, 0.25) is 0 Å². The predicted octanol–water partition coefficient (Wildman–Crippen LogP) is 3.51. The van der Waals surface area contributed by atoms with Crippen molar-refractivity contribution in [2.45, 2.75) is 40.2 Å². The molecular formula is C13H18O2. The van der Waals surface area contributed by atoms with Crippen molar-refractivity contribution in [3.8, 4) is 0 Å². The summed E-state index contributed by atoms with van der Waals surface area (Å²) in [7, 11) is 0. The predicted molar refractivity (Wildman–Crippen MR) is 61.0 cm³/mol. The molecule has 15 heavy (non-hydrogen) atoms. The van der Waals surface area contributed by atoms with Gasteiger partial charge in [0.2, 0.25) is 0 Å². The second-order valence-electron chi connectivity index (χ2n) is 3.65. The number of fused-ring (bicyclic) bond motifs is 1. The van der Waals surface area contributed by atoms with Gasteiger partial charge in [0.15, 0.2) is 0 Å². The molecule has 0 amide bonds. The van der Waals surface area contributed by atoms with E-state index >= 15 is 0 Å². The van der Waals surface area contributed by atoms with E-state index in [1.807, 2.05) is 26.0 Å². The van der Waals surface area contributed by atoms with Gasteiger partial charge in [-0.1, -0.05) is 39.8 Å². The van der Waals surface area contributed by atoms with Crippen molar-refractivity contribution in [2.24, 2.45) is 0 Å². The smallest absolute Gasteiger partial charge is 0.338 e. The van der Waals surface area contributed by atoms with Gasteiger partial charge in [-0.05, 0) is 17.5 Å². The average molecular weight is 206 g/mol. The van der Waals surface area contributed by atoms with Gasteiger partial charge in [-0.25, -0.2) is 4.79 Å². The van der Waals surface area contributed by atoms with Crippen molar-refractivity contribution in [3.05, 3.63) is 34.9 Å². The van der Waals surface area contributed by atoms with Gasteiger partial charge in [0.05, 0.1) is 5.56 Å². The summed E-state index contributed by atoms with van der Waals surface area (Å²) >= 11 is 0. The zero-order valence-electron chi connectivity index (χ0n) is 9.83. The van der Waals surface area contributed by atoms with Crippen LogP contribution in [0.5, 0.6) is 0 Å². The van der Waals surface area contributed by atoms with E-state index in [1.54, 1.807) is 0 Å². The lowest BCUT2D eigenvalue weighted by Gasteiger charge is -2.05. The molecule has 2 heteroatoms. The van der Waals surface area contributed by atoms with E-state index in [9.17, 15) is 4.79 Å². The van der Waals surface area contributed by atoms with Crippen LogP contribution in [0.15, 0.2) is 18.2 Å². The van der Waals surface area contributed by atoms with Crippen molar-refractivity contribution in [1.29, 1.82) is 0 Å². The standard InChI is InChI=1S/C11H12O2.C2H6/c1-7(2)8-3-4-10-9(5-8)6-13-11(10)12;1-2/h3-5,7H,6H2,1-2H3;1-2H3. The summed E-state index contributed by atoms with van der Waals surface area (Å²) < 4.78 is 4.92. The topological polar surface area (TPSA) is 26.3 Å². The molecule has 0 aliphatic carbocycles. The molecule has 2 nitrogen and oxygen atoms in total. The summed E-state index contributed by atoms with van der Waals surface area (Å²) in [5.41, 5.74) is 3.01. The van der Waals surface area contributed by atoms with E-state index in [1.165, 1.54) is 5.56 Å². The zero-order chi connectivity index (χ0) is 11.4. The SMILES string of the molecule is CC.CC(C)c1ccc2c(c1)COC2=O. The Morgan fingerprint density at radius 2 is 1.93 bits per heavy atom. The Kier molecular flexibility index (Phi) is 3.89. The molecule has 1 heterocycles. The first-order valence-corrected chi connectivity index (χ1v) is 5.48. The number of carbonyl (C=O) groups is 1. The number of cyclic esters (lactones) is 1. The molecule has 0 aromatic heterocycles. The van der Waals surface area contributed by atoms with Crippen molar-refractivity contribution in [1.82, 2.24) is 0 Å². The summed E-state index contributed by atoms with van der Waals surface area (Å²) in [5, 5.41) is 0. The molecule has 1 aromatic rings. The average Bonchev–Trinajstić information content (AvgIpc) is 2.63. The third-order valence-electron chi connectivity index (χ3n) is 2.37. The van der Waals surface area contributed by atoms with Crippen LogP contribution in [0.25, 0.3) is 0 Å². The van der Waals surface area contributed by atoms with Crippen LogP contribution in [0.4, 0.5) is 0 Å². The van der Waals surface area contributed by atoms with Gasteiger partial charge in [0.25, 0.3) is 0 Å². The Bertz CT molecular complexity index is 354. The fourth-order valence-corrected chi connectivity index (χ4v) is 1.51. The lowest BCUT2D eigenvalue weighted by Crippen LogP contribution is -1.94. The molecule has 1 aliphatic rings. The van der Waals surface area contributed by atoms with Crippen LogP contribution >= 0.6 is 0 Å². The third-order valence-corrected chi connectivity index (χ3v) is 2.37. The van der Waals surface area contributed by atoms with E-state index in [-0.39, 0.29) is 5.97 Å². The number of carbonyl (C=O) groups excluding carboxylic acids is 1. The van der Waals surface area contributed by atoms with Crippen LogP contribution in [-0.4, -0.2) is 5.97 Å². The molecule has 0 saturated carbocycles. The molecule has 1 aliphatic heterocycles. The summed E-state index contributed by atoms with van der Waals surface area (Å²) in [5.74, 6) is 0.311. The lowest BCUT2D eigenvalue weighted by atomic mass is 9.98. The van der Waals surface area contributed by atoms with Gasteiger partial charge in [-0.3, -0.25) is 0 Å². The highest BCUT2D eigenvalue weighted by Crippen LogP contribution is 2.24. The number of esters is 1. The largest absolute Gasteiger partial charge is 0.457 e. The second-order valence-corrected chi connectivity index (χ2v) is 3.65. The second kappa shape index (κ2) is 4.96. The summed E-state index contributed by atoms with van der Waals surface area (Å²) in [4.78, 5) is 11.1. The molecule has 0 atom stereocenters. The minimum atomic E-state index is -0.190. The normalized spacial score (nSPS) is 13.0. The highest BCUT2D eigenvalue weighted by atomic mass is 16.5. The molecule has 1 aromatic carbocycles. The summed E-state index contributed by atoms with van der Waals surface area (Å²) in [6.07, 6.45) is 0. The first-order chi connectivity index (χ1) is 7.18. The molecule has 2 rings (SSSR count). The van der Waals surface area contributed by atoms with Crippen LogP contribution in [0.1, 0.15) is 55.1 Å². The lowest BCUT2D eigenvalue weighted by molar-refractivity contribution is 0.0535. The maximum Gasteiger partial charge on any atom is 0.338 e. The quantitative estimate of drug-likeness (QED) is 0.657. The van der Waals surface area contributed by atoms with Gasteiger partial charge in [0.1, 0.15) is 6.61 Å². The molecule has 0 N–H and O–H groups in total. The number of ether oxygens (including phenoxy) is 1. The molecule has 0 radical (unpaired) electrons. The molecule has 0 saturated heterocycles. The number of hydrogen-bond acceptors (Lipinski definition) is 2. The molecular weight excluding hydrogens is 188 g/mol. The van der Waals surface area contributed by atoms with E-state index < -0.39 is 0 Å². The van der Waals surface area contributed by atoms with Crippen molar-refractivity contribution < 1.29 is 9.53 Å². The Labute approximate surface area is 91.3 Å². The Hall–Kier alpha value is -1.31. The number of benzene rings is 1. The minimum absolute atomic E-state index is 0.190. The van der Waals surface area contributed by atoms with Crippen LogP contribution in [0.3, 0.4) is 0 Å². The van der Waals surface area contributed by atoms with Gasteiger partial charge >= 0.3 is 5.97 Å². The Morgan fingerprint density at radius 1 is 1.27 bits per heavy atom. The van der Waals surface area contributed by atoms with Gasteiger partial charge in [-0.15, -0.1) is 0 Å². The van der Waals surface area contributed by atoms with Crippen LogP contribution in [0, 0.1) is 0 Å². The first-order valence-electron chi connectivity index (χ1n) is 5.48. The molecule has 0 fully saturated rings. The van der Waals surface area contributed by atoms with E-state index in [2.05, 4.69) is 19.9 Å². The summed E-state index contributed by atoms with van der Waals surface area (Å²) in [6.45, 7) is 8.72. The number of rotatable bonds is 1. The van der Waals surface area contributed by atoms with Crippen LogP contribution < -0.4 is 0 Å². The van der Waals surface area contributed by atoms with Gasteiger partial charge in [-0.2, -0.15) is 0 Å². The Morgan fingerprint density at radius 3 is 2.53 bits per heavy atom. The van der Waals surface area contributed by atoms with Crippen molar-refractivity contribution in [2.75, 3.05) is 0 Å². The summed E-state index contributed by atoms with van der Waals surface area (Å²) in [6, 6.07) is 5.92. The van der Waals surface area contributed by atoms with Crippen molar-refractivity contribution >= 4 is 5.97 Å². The fourth-order valence-electron chi connectivity index (χ4n) is 1.51. The monoisotopic (exact) mass is 206 g/mol. The van der Waals surface area contributed by atoms with Crippen molar-refractivity contribution in [3.63, 3.8) is 0 Å². The molecule has 0 spiro atoms. The van der Waals surface area contributed by atoms with Gasteiger partial charge < -0.3 is 4.74 Å². The minimum Gasteiger partial charge on any atom is -0.457 e.